The first-order valence-electron chi connectivity index (χ1n) is 3.05. The summed E-state index contributed by atoms with van der Waals surface area (Å²) in [5, 5.41) is 17.5. The third-order valence-corrected chi connectivity index (χ3v) is 1.31. The zero-order valence-electron chi connectivity index (χ0n) is 6.03. The first-order chi connectivity index (χ1) is 5.27. The quantitative estimate of drug-likeness (QED) is 0.654. The van der Waals surface area contributed by atoms with E-state index in [9.17, 15) is 0 Å². The summed E-state index contributed by atoms with van der Waals surface area (Å²) in [6, 6.07) is 6.29. The Morgan fingerprint density at radius 3 is 2.82 bits per heavy atom. The van der Waals surface area contributed by atoms with Crippen molar-refractivity contribution in [2.45, 2.75) is 0 Å². The lowest BCUT2D eigenvalue weighted by atomic mass is 10.2. The first kappa shape index (κ1) is 7.42. The number of ether oxygens (including phenoxy) is 1. The van der Waals surface area contributed by atoms with Crippen molar-refractivity contribution >= 4 is 0 Å². The van der Waals surface area contributed by atoms with E-state index in [-0.39, 0.29) is 5.75 Å². The Labute approximate surface area is 64.5 Å². The highest BCUT2D eigenvalue weighted by atomic mass is 16.5. The molecular formula is C8H7NO2. The summed E-state index contributed by atoms with van der Waals surface area (Å²) in [5.41, 5.74) is 0.422. The molecule has 0 fully saturated rings. The van der Waals surface area contributed by atoms with E-state index in [0.717, 1.165) is 0 Å². The number of aromatic hydroxyl groups is 1. The van der Waals surface area contributed by atoms with Crippen molar-refractivity contribution in [2.24, 2.45) is 0 Å². The molecular weight excluding hydrogens is 142 g/mol. The van der Waals surface area contributed by atoms with Crippen LogP contribution in [0.15, 0.2) is 18.2 Å². The second-order valence-corrected chi connectivity index (χ2v) is 2.00. The van der Waals surface area contributed by atoms with Crippen LogP contribution in [0.1, 0.15) is 5.56 Å². The highest BCUT2D eigenvalue weighted by Gasteiger charge is 2.01. The minimum Gasteiger partial charge on any atom is -0.508 e. The summed E-state index contributed by atoms with van der Waals surface area (Å²) in [5.74, 6) is 0.494. The average molecular weight is 149 g/mol. The van der Waals surface area contributed by atoms with Gasteiger partial charge in [0.25, 0.3) is 0 Å². The van der Waals surface area contributed by atoms with Crippen molar-refractivity contribution in [1.29, 1.82) is 5.26 Å². The minimum absolute atomic E-state index is 0.0980. The van der Waals surface area contributed by atoms with Gasteiger partial charge in [0.05, 0.1) is 12.7 Å². The van der Waals surface area contributed by atoms with E-state index >= 15 is 0 Å². The Kier molecular flexibility index (Phi) is 1.98. The molecule has 0 aliphatic carbocycles. The predicted octanol–water partition coefficient (Wildman–Crippen LogP) is 1.27. The molecule has 1 aromatic rings. The van der Waals surface area contributed by atoms with Crippen molar-refractivity contribution < 1.29 is 9.84 Å². The molecule has 3 nitrogen and oxygen atoms in total. The summed E-state index contributed by atoms with van der Waals surface area (Å²) in [6.07, 6.45) is 0. The van der Waals surface area contributed by atoms with E-state index in [1.54, 1.807) is 0 Å². The number of nitriles is 1. The lowest BCUT2D eigenvalue weighted by Crippen LogP contribution is -1.86. The van der Waals surface area contributed by atoms with Gasteiger partial charge >= 0.3 is 0 Å². The topological polar surface area (TPSA) is 53.2 Å². The lowest BCUT2D eigenvalue weighted by molar-refractivity contribution is 0.406. The van der Waals surface area contributed by atoms with E-state index in [1.807, 2.05) is 6.07 Å². The molecule has 0 saturated heterocycles. The highest BCUT2D eigenvalue weighted by Crippen LogP contribution is 2.22. The number of methoxy groups -OCH3 is 1. The van der Waals surface area contributed by atoms with Gasteiger partial charge in [-0.1, -0.05) is 0 Å². The Morgan fingerprint density at radius 2 is 2.27 bits per heavy atom. The monoisotopic (exact) mass is 149 g/mol. The van der Waals surface area contributed by atoms with Gasteiger partial charge in [-0.05, 0) is 12.1 Å². The van der Waals surface area contributed by atoms with Crippen molar-refractivity contribution in [2.75, 3.05) is 7.11 Å². The van der Waals surface area contributed by atoms with E-state index in [4.69, 9.17) is 15.1 Å². The van der Waals surface area contributed by atoms with Crippen molar-refractivity contribution in [3.63, 3.8) is 0 Å². The van der Waals surface area contributed by atoms with Gasteiger partial charge in [0.1, 0.15) is 17.6 Å². The van der Waals surface area contributed by atoms with Crippen LogP contribution in [0.25, 0.3) is 0 Å². The molecule has 1 rings (SSSR count). The molecule has 0 atom stereocenters. The smallest absolute Gasteiger partial charge is 0.140 e. The Hall–Kier alpha value is -1.69. The third-order valence-electron chi connectivity index (χ3n) is 1.31. The van der Waals surface area contributed by atoms with E-state index in [2.05, 4.69) is 0 Å². The van der Waals surface area contributed by atoms with Gasteiger partial charge in [0.15, 0.2) is 0 Å². The summed E-state index contributed by atoms with van der Waals surface area (Å²) in [6.45, 7) is 0. The Balaban J connectivity index is 3.19. The molecule has 0 aliphatic heterocycles. The number of hydrogen-bond donors (Lipinski definition) is 1. The number of phenols is 1. The van der Waals surface area contributed by atoms with Crippen LogP contribution < -0.4 is 4.74 Å². The molecule has 0 bridgehead atoms. The molecule has 0 aromatic heterocycles. The van der Waals surface area contributed by atoms with Gasteiger partial charge in [-0.25, -0.2) is 0 Å². The Morgan fingerprint density at radius 1 is 1.55 bits per heavy atom. The molecule has 0 aliphatic rings. The zero-order chi connectivity index (χ0) is 8.27. The molecule has 0 spiro atoms. The van der Waals surface area contributed by atoms with E-state index < -0.39 is 0 Å². The van der Waals surface area contributed by atoms with Gasteiger partial charge < -0.3 is 9.84 Å². The molecule has 0 amide bonds. The lowest BCUT2D eigenvalue weighted by Gasteiger charge is -2.01. The predicted molar refractivity (Wildman–Crippen MR) is 39.4 cm³/mol. The van der Waals surface area contributed by atoms with Gasteiger partial charge in [-0.3, -0.25) is 0 Å². The van der Waals surface area contributed by atoms with Crippen molar-refractivity contribution in [1.82, 2.24) is 0 Å². The van der Waals surface area contributed by atoms with Crippen LogP contribution in [-0.2, 0) is 0 Å². The van der Waals surface area contributed by atoms with Crippen LogP contribution >= 0.6 is 0 Å². The fraction of sp³-hybridized carbons (Fsp3) is 0.125. The SMILES string of the molecule is COc1cc(O)ccc1C#N. The number of phenolic OH excluding ortho intramolecular Hbond substituents is 1. The van der Waals surface area contributed by atoms with Crippen LogP contribution in [0.4, 0.5) is 0 Å². The molecule has 0 unspecified atom stereocenters. The maximum absolute atomic E-state index is 8.97. The van der Waals surface area contributed by atoms with E-state index in [1.165, 1.54) is 25.3 Å². The average Bonchev–Trinajstić information content (AvgIpc) is 2.04. The molecule has 0 radical (unpaired) electrons. The van der Waals surface area contributed by atoms with E-state index in [0.29, 0.717) is 11.3 Å². The fourth-order valence-corrected chi connectivity index (χ4v) is 0.772. The maximum atomic E-state index is 8.97. The van der Waals surface area contributed by atoms with Gasteiger partial charge in [0.2, 0.25) is 0 Å². The molecule has 0 saturated carbocycles. The number of hydrogen-bond acceptors (Lipinski definition) is 3. The van der Waals surface area contributed by atoms with Crippen LogP contribution in [0.3, 0.4) is 0 Å². The summed E-state index contributed by atoms with van der Waals surface area (Å²) < 4.78 is 4.83. The summed E-state index contributed by atoms with van der Waals surface area (Å²) in [7, 11) is 1.45. The molecule has 0 heterocycles. The maximum Gasteiger partial charge on any atom is 0.140 e. The van der Waals surface area contributed by atoms with Crippen molar-refractivity contribution in [3.8, 4) is 17.6 Å². The number of benzene rings is 1. The standard InChI is InChI=1S/C8H7NO2/c1-11-8-4-7(10)3-2-6(8)5-9/h2-4,10H,1H3. The van der Waals surface area contributed by atoms with Gasteiger partial charge in [-0.2, -0.15) is 5.26 Å². The van der Waals surface area contributed by atoms with Crippen LogP contribution in [0.5, 0.6) is 11.5 Å². The van der Waals surface area contributed by atoms with Gasteiger partial charge in [0, 0.05) is 6.07 Å². The Bertz CT molecular complexity index is 301. The second-order valence-electron chi connectivity index (χ2n) is 2.00. The molecule has 56 valence electrons. The van der Waals surface area contributed by atoms with Crippen LogP contribution in [0, 0.1) is 11.3 Å². The molecule has 11 heavy (non-hydrogen) atoms. The van der Waals surface area contributed by atoms with Gasteiger partial charge in [-0.15, -0.1) is 0 Å². The molecule has 1 aromatic carbocycles. The minimum atomic E-state index is 0.0980. The first-order valence-corrected chi connectivity index (χ1v) is 3.05. The largest absolute Gasteiger partial charge is 0.508 e. The van der Waals surface area contributed by atoms with Crippen molar-refractivity contribution in [3.05, 3.63) is 23.8 Å². The van der Waals surface area contributed by atoms with Crippen LogP contribution in [0.2, 0.25) is 0 Å². The zero-order valence-corrected chi connectivity index (χ0v) is 6.03. The highest BCUT2D eigenvalue weighted by molar-refractivity contribution is 5.46. The number of nitrogens with zero attached hydrogens (tertiary/aromatic N) is 1. The summed E-state index contributed by atoms with van der Waals surface area (Å²) >= 11 is 0. The third kappa shape index (κ3) is 1.41. The normalized spacial score (nSPS) is 8.73. The second kappa shape index (κ2) is 2.93. The molecule has 1 N–H and O–H groups in total. The fourth-order valence-electron chi connectivity index (χ4n) is 0.772. The summed E-state index contributed by atoms with van der Waals surface area (Å²) in [4.78, 5) is 0. The molecule has 3 heteroatoms. The number of rotatable bonds is 1. The van der Waals surface area contributed by atoms with Crippen LogP contribution in [-0.4, -0.2) is 12.2 Å².